The minimum Gasteiger partial charge on any atom is -0.369 e. The first-order valence-corrected chi connectivity index (χ1v) is 6.89. The first-order valence-electron chi connectivity index (χ1n) is 6.89. The summed E-state index contributed by atoms with van der Waals surface area (Å²) in [5.74, 6) is 0. The van der Waals surface area contributed by atoms with Crippen molar-refractivity contribution in [1.29, 1.82) is 0 Å². The fourth-order valence-corrected chi connectivity index (χ4v) is 2.17. The third-order valence-electron chi connectivity index (χ3n) is 3.20. The number of benzene rings is 1. The summed E-state index contributed by atoms with van der Waals surface area (Å²) in [6, 6.07) is 10.7. The Morgan fingerprint density at radius 2 is 1.17 bits per heavy atom. The zero-order valence-corrected chi connectivity index (χ0v) is 11.0. The van der Waals surface area contributed by atoms with Gasteiger partial charge in [0.15, 0.2) is 0 Å². The summed E-state index contributed by atoms with van der Waals surface area (Å²) in [5, 5.41) is 10.4. The van der Waals surface area contributed by atoms with Gasteiger partial charge in [0.05, 0.1) is 0 Å². The highest BCUT2D eigenvalue weighted by atomic mass is 15.2. The maximum atomic E-state index is 3.48. The summed E-state index contributed by atoms with van der Waals surface area (Å²) < 4.78 is 0. The lowest BCUT2D eigenvalue weighted by Crippen LogP contribution is -2.41. The molecule has 0 unspecified atom stereocenters. The molecule has 1 heterocycles. The standard InChI is InChI=1S/C14H24N4/c1-2-4-14(5-3-1)18-12-10-16-8-6-15-7-9-17-11-13-18/h1-5,15-17H,6-13H2. The van der Waals surface area contributed by atoms with Crippen LogP contribution in [0.1, 0.15) is 0 Å². The summed E-state index contributed by atoms with van der Waals surface area (Å²) in [7, 11) is 0. The molecule has 1 aromatic rings. The molecule has 100 valence electrons. The number of rotatable bonds is 1. The van der Waals surface area contributed by atoms with Crippen LogP contribution in [0.15, 0.2) is 30.3 Å². The largest absolute Gasteiger partial charge is 0.369 e. The zero-order valence-electron chi connectivity index (χ0n) is 11.0. The second-order valence-corrected chi connectivity index (χ2v) is 4.57. The van der Waals surface area contributed by atoms with Crippen LogP contribution in [0.2, 0.25) is 0 Å². The Labute approximate surface area is 110 Å². The summed E-state index contributed by atoms with van der Waals surface area (Å²) in [6.45, 7) is 8.38. The van der Waals surface area contributed by atoms with Gasteiger partial charge in [0.25, 0.3) is 0 Å². The smallest absolute Gasteiger partial charge is 0.0367 e. The van der Waals surface area contributed by atoms with Crippen LogP contribution in [0.25, 0.3) is 0 Å². The molecule has 0 saturated carbocycles. The molecular weight excluding hydrogens is 224 g/mol. The molecule has 0 amide bonds. The number of hydrogen-bond donors (Lipinski definition) is 3. The van der Waals surface area contributed by atoms with Gasteiger partial charge >= 0.3 is 0 Å². The van der Waals surface area contributed by atoms with E-state index in [0.29, 0.717) is 0 Å². The molecule has 0 aliphatic carbocycles. The molecule has 2 rings (SSSR count). The molecule has 0 spiro atoms. The predicted octanol–water partition coefficient (Wildman–Crippen LogP) is 0.275. The van der Waals surface area contributed by atoms with Gasteiger partial charge in [-0.15, -0.1) is 0 Å². The van der Waals surface area contributed by atoms with E-state index in [-0.39, 0.29) is 0 Å². The van der Waals surface area contributed by atoms with E-state index in [4.69, 9.17) is 0 Å². The lowest BCUT2D eigenvalue weighted by atomic mass is 10.3. The van der Waals surface area contributed by atoms with E-state index in [0.717, 1.165) is 52.4 Å². The highest BCUT2D eigenvalue weighted by Crippen LogP contribution is 2.11. The van der Waals surface area contributed by atoms with Gasteiger partial charge in [0.2, 0.25) is 0 Å². The fourth-order valence-electron chi connectivity index (χ4n) is 2.17. The molecule has 0 radical (unpaired) electrons. The van der Waals surface area contributed by atoms with Gasteiger partial charge in [-0.2, -0.15) is 0 Å². The molecular formula is C14H24N4. The Hall–Kier alpha value is -1.10. The van der Waals surface area contributed by atoms with E-state index in [1.54, 1.807) is 0 Å². The maximum absolute atomic E-state index is 3.48. The van der Waals surface area contributed by atoms with E-state index < -0.39 is 0 Å². The summed E-state index contributed by atoms with van der Waals surface area (Å²) >= 11 is 0. The van der Waals surface area contributed by atoms with Crippen molar-refractivity contribution in [3.63, 3.8) is 0 Å². The zero-order chi connectivity index (χ0) is 12.5. The van der Waals surface area contributed by atoms with Crippen molar-refractivity contribution in [3.05, 3.63) is 30.3 Å². The topological polar surface area (TPSA) is 39.3 Å². The number of para-hydroxylation sites is 1. The van der Waals surface area contributed by atoms with Crippen LogP contribution in [0.3, 0.4) is 0 Å². The number of nitrogens with zero attached hydrogens (tertiary/aromatic N) is 1. The van der Waals surface area contributed by atoms with Crippen molar-refractivity contribution in [3.8, 4) is 0 Å². The molecule has 1 aliphatic rings. The molecule has 0 aromatic heterocycles. The molecule has 1 aromatic carbocycles. The minimum absolute atomic E-state index is 1.04. The van der Waals surface area contributed by atoms with Crippen molar-refractivity contribution in [1.82, 2.24) is 16.0 Å². The highest BCUT2D eigenvalue weighted by molar-refractivity contribution is 5.45. The monoisotopic (exact) mass is 248 g/mol. The third kappa shape index (κ3) is 4.64. The molecule has 3 N–H and O–H groups in total. The van der Waals surface area contributed by atoms with Gasteiger partial charge in [-0.25, -0.2) is 0 Å². The first kappa shape index (κ1) is 13.3. The van der Waals surface area contributed by atoms with Gasteiger partial charge in [0.1, 0.15) is 0 Å². The van der Waals surface area contributed by atoms with Crippen molar-refractivity contribution < 1.29 is 0 Å². The number of anilines is 1. The first-order chi connectivity index (χ1) is 8.97. The van der Waals surface area contributed by atoms with Crippen molar-refractivity contribution in [2.24, 2.45) is 0 Å². The SMILES string of the molecule is c1ccc(N2CCNCCNCCNCC2)cc1. The van der Waals surface area contributed by atoms with Crippen LogP contribution in [-0.2, 0) is 0 Å². The Balaban J connectivity index is 1.89. The summed E-state index contributed by atoms with van der Waals surface area (Å²) in [5.41, 5.74) is 1.32. The van der Waals surface area contributed by atoms with E-state index in [1.807, 2.05) is 0 Å². The normalized spacial score (nSPS) is 19.9. The lowest BCUT2D eigenvalue weighted by Gasteiger charge is -2.26. The Morgan fingerprint density at radius 3 is 1.72 bits per heavy atom. The van der Waals surface area contributed by atoms with E-state index in [9.17, 15) is 0 Å². The number of nitrogens with one attached hydrogen (secondary N) is 3. The van der Waals surface area contributed by atoms with E-state index in [1.165, 1.54) is 5.69 Å². The van der Waals surface area contributed by atoms with E-state index in [2.05, 4.69) is 51.2 Å². The van der Waals surface area contributed by atoms with Crippen LogP contribution in [0.4, 0.5) is 5.69 Å². The van der Waals surface area contributed by atoms with E-state index >= 15 is 0 Å². The Kier molecular flexibility index (Phi) is 5.99. The molecule has 0 bridgehead atoms. The summed E-state index contributed by atoms with van der Waals surface area (Å²) in [4.78, 5) is 2.44. The Bertz CT molecular complexity index is 303. The van der Waals surface area contributed by atoms with Crippen LogP contribution in [0.5, 0.6) is 0 Å². The van der Waals surface area contributed by atoms with Crippen molar-refractivity contribution >= 4 is 5.69 Å². The average Bonchev–Trinajstić information content (AvgIpc) is 2.40. The van der Waals surface area contributed by atoms with Crippen LogP contribution >= 0.6 is 0 Å². The van der Waals surface area contributed by atoms with Gasteiger partial charge in [-0.3, -0.25) is 0 Å². The molecule has 4 nitrogen and oxygen atoms in total. The lowest BCUT2D eigenvalue weighted by molar-refractivity contribution is 0.557. The van der Waals surface area contributed by atoms with Crippen LogP contribution in [-0.4, -0.2) is 52.4 Å². The second-order valence-electron chi connectivity index (χ2n) is 4.57. The predicted molar refractivity (Wildman–Crippen MR) is 77.3 cm³/mol. The molecule has 0 atom stereocenters. The van der Waals surface area contributed by atoms with Crippen LogP contribution < -0.4 is 20.9 Å². The van der Waals surface area contributed by atoms with Gasteiger partial charge in [0, 0.05) is 58.0 Å². The van der Waals surface area contributed by atoms with Gasteiger partial charge in [-0.1, -0.05) is 18.2 Å². The van der Waals surface area contributed by atoms with Gasteiger partial charge in [-0.05, 0) is 12.1 Å². The molecule has 4 heteroatoms. The van der Waals surface area contributed by atoms with Crippen LogP contribution in [0, 0.1) is 0 Å². The number of hydrogen-bond acceptors (Lipinski definition) is 4. The van der Waals surface area contributed by atoms with Crippen molar-refractivity contribution in [2.75, 3.05) is 57.3 Å². The Morgan fingerprint density at radius 1 is 0.667 bits per heavy atom. The van der Waals surface area contributed by atoms with Gasteiger partial charge < -0.3 is 20.9 Å². The molecule has 1 aliphatic heterocycles. The van der Waals surface area contributed by atoms with Crippen molar-refractivity contribution in [2.45, 2.75) is 0 Å². The average molecular weight is 248 g/mol. The highest BCUT2D eigenvalue weighted by Gasteiger charge is 2.05. The third-order valence-corrected chi connectivity index (χ3v) is 3.20. The summed E-state index contributed by atoms with van der Waals surface area (Å²) in [6.07, 6.45) is 0. The molecule has 1 fully saturated rings. The molecule has 18 heavy (non-hydrogen) atoms. The minimum atomic E-state index is 1.04. The quantitative estimate of drug-likeness (QED) is 0.667. The molecule has 1 saturated heterocycles. The second kappa shape index (κ2) is 8.08. The fraction of sp³-hybridized carbons (Fsp3) is 0.571. The maximum Gasteiger partial charge on any atom is 0.0367 e.